The second-order valence-electron chi connectivity index (χ2n) is 5.01. The third-order valence-electron chi connectivity index (χ3n) is 2.86. The molecule has 0 fully saturated rings. The van der Waals surface area contributed by atoms with Gasteiger partial charge in [0.2, 0.25) is 5.91 Å². The minimum atomic E-state index is -0.00194. The van der Waals surface area contributed by atoms with Gasteiger partial charge < -0.3 is 14.8 Å². The number of hydrogen-bond acceptors (Lipinski definition) is 3. The van der Waals surface area contributed by atoms with E-state index in [0.29, 0.717) is 18.9 Å². The Labute approximate surface area is 115 Å². The van der Waals surface area contributed by atoms with Crippen LogP contribution in [-0.2, 0) is 11.2 Å². The highest BCUT2D eigenvalue weighted by atomic mass is 16.5. The number of hydrogen-bond donors (Lipinski definition) is 1. The first-order valence-electron chi connectivity index (χ1n) is 6.46. The number of rotatable bonds is 6. The summed E-state index contributed by atoms with van der Waals surface area (Å²) >= 11 is 0. The summed E-state index contributed by atoms with van der Waals surface area (Å²) < 4.78 is 10.6. The van der Waals surface area contributed by atoms with Crippen molar-refractivity contribution in [1.29, 1.82) is 0 Å². The summed E-state index contributed by atoms with van der Waals surface area (Å²) in [5, 5.41) is 2.90. The fourth-order valence-electron chi connectivity index (χ4n) is 1.81. The Balaban J connectivity index is 2.84. The normalized spacial score (nSPS) is 10.4. The summed E-state index contributed by atoms with van der Waals surface area (Å²) in [6.07, 6.45) is 0.298. The molecule has 0 atom stereocenters. The first kappa shape index (κ1) is 15.3. The van der Waals surface area contributed by atoms with Crippen LogP contribution in [0.3, 0.4) is 0 Å². The molecule has 1 aromatic rings. The predicted octanol–water partition coefficient (Wildman–Crippen LogP) is 2.33. The standard InChI is InChI=1S/C15H23NO3/c1-10(2)9-16-15(17)8-12-7-13(18-4)11(3)6-14(12)19-5/h6-7,10H,8-9H2,1-5H3,(H,16,17). The van der Waals surface area contributed by atoms with Gasteiger partial charge in [-0.15, -0.1) is 0 Å². The van der Waals surface area contributed by atoms with Crippen molar-refractivity contribution in [2.24, 2.45) is 5.92 Å². The maximum absolute atomic E-state index is 11.9. The number of carbonyl (C=O) groups excluding carboxylic acids is 1. The molecule has 4 heteroatoms. The highest BCUT2D eigenvalue weighted by Gasteiger charge is 2.12. The SMILES string of the molecule is COc1cc(CC(=O)NCC(C)C)c(OC)cc1C. The zero-order chi connectivity index (χ0) is 14.4. The molecule has 0 unspecified atom stereocenters. The lowest BCUT2D eigenvalue weighted by atomic mass is 10.1. The Morgan fingerprint density at radius 1 is 1.21 bits per heavy atom. The van der Waals surface area contributed by atoms with Gasteiger partial charge in [0, 0.05) is 12.1 Å². The van der Waals surface area contributed by atoms with Crippen LogP contribution in [0.5, 0.6) is 11.5 Å². The fourth-order valence-corrected chi connectivity index (χ4v) is 1.81. The molecule has 0 aromatic heterocycles. The molecular weight excluding hydrogens is 242 g/mol. The van der Waals surface area contributed by atoms with Crippen LogP contribution in [-0.4, -0.2) is 26.7 Å². The second kappa shape index (κ2) is 7.02. The smallest absolute Gasteiger partial charge is 0.224 e. The van der Waals surface area contributed by atoms with E-state index in [1.807, 2.05) is 19.1 Å². The van der Waals surface area contributed by atoms with E-state index in [1.165, 1.54) is 0 Å². The summed E-state index contributed by atoms with van der Waals surface area (Å²) in [4.78, 5) is 11.9. The van der Waals surface area contributed by atoms with Gasteiger partial charge in [-0.05, 0) is 30.5 Å². The summed E-state index contributed by atoms with van der Waals surface area (Å²) in [6.45, 7) is 6.76. The molecular formula is C15H23NO3. The molecule has 106 valence electrons. The van der Waals surface area contributed by atoms with Crippen molar-refractivity contribution < 1.29 is 14.3 Å². The number of nitrogens with one attached hydrogen (secondary N) is 1. The molecule has 0 heterocycles. The summed E-state index contributed by atoms with van der Waals surface area (Å²) in [5.74, 6) is 1.93. The van der Waals surface area contributed by atoms with E-state index < -0.39 is 0 Å². The molecule has 0 saturated heterocycles. The Hall–Kier alpha value is -1.71. The van der Waals surface area contributed by atoms with Gasteiger partial charge in [0.25, 0.3) is 0 Å². The Kier molecular flexibility index (Phi) is 5.67. The average molecular weight is 265 g/mol. The highest BCUT2D eigenvalue weighted by Crippen LogP contribution is 2.28. The van der Waals surface area contributed by atoms with Crippen molar-refractivity contribution in [3.8, 4) is 11.5 Å². The van der Waals surface area contributed by atoms with E-state index in [-0.39, 0.29) is 5.91 Å². The maximum atomic E-state index is 11.9. The third-order valence-corrected chi connectivity index (χ3v) is 2.86. The van der Waals surface area contributed by atoms with E-state index in [9.17, 15) is 4.79 Å². The lowest BCUT2D eigenvalue weighted by Crippen LogP contribution is -2.28. The number of methoxy groups -OCH3 is 2. The van der Waals surface area contributed by atoms with Crippen LogP contribution in [0, 0.1) is 12.8 Å². The summed E-state index contributed by atoms with van der Waals surface area (Å²) in [6, 6.07) is 3.76. The molecule has 4 nitrogen and oxygen atoms in total. The van der Waals surface area contributed by atoms with E-state index in [4.69, 9.17) is 9.47 Å². The predicted molar refractivity (Wildman–Crippen MR) is 75.8 cm³/mol. The average Bonchev–Trinajstić information content (AvgIpc) is 2.37. The van der Waals surface area contributed by atoms with E-state index in [0.717, 1.165) is 22.6 Å². The fraction of sp³-hybridized carbons (Fsp3) is 0.533. The van der Waals surface area contributed by atoms with Gasteiger partial charge in [0.05, 0.1) is 20.6 Å². The Morgan fingerprint density at radius 2 is 1.84 bits per heavy atom. The van der Waals surface area contributed by atoms with Crippen LogP contribution >= 0.6 is 0 Å². The quantitative estimate of drug-likeness (QED) is 0.858. The number of aryl methyl sites for hydroxylation is 1. The molecule has 0 spiro atoms. The molecule has 1 aromatic carbocycles. The van der Waals surface area contributed by atoms with Crippen molar-refractivity contribution in [3.63, 3.8) is 0 Å². The van der Waals surface area contributed by atoms with Crippen LogP contribution in [0.25, 0.3) is 0 Å². The van der Waals surface area contributed by atoms with Crippen LogP contribution in [0.2, 0.25) is 0 Å². The summed E-state index contributed by atoms with van der Waals surface area (Å²) in [5.41, 5.74) is 1.83. The zero-order valence-corrected chi connectivity index (χ0v) is 12.4. The van der Waals surface area contributed by atoms with Gasteiger partial charge in [0.15, 0.2) is 0 Å². The molecule has 0 saturated carbocycles. The molecule has 1 rings (SSSR count). The topological polar surface area (TPSA) is 47.6 Å². The lowest BCUT2D eigenvalue weighted by molar-refractivity contribution is -0.120. The van der Waals surface area contributed by atoms with Crippen molar-refractivity contribution in [1.82, 2.24) is 5.32 Å². The molecule has 0 radical (unpaired) electrons. The minimum absolute atomic E-state index is 0.00194. The van der Waals surface area contributed by atoms with Crippen LogP contribution in [0.15, 0.2) is 12.1 Å². The van der Waals surface area contributed by atoms with Crippen molar-refractivity contribution in [2.75, 3.05) is 20.8 Å². The summed E-state index contributed by atoms with van der Waals surface area (Å²) in [7, 11) is 3.23. The van der Waals surface area contributed by atoms with Gasteiger partial charge in [-0.3, -0.25) is 4.79 Å². The zero-order valence-electron chi connectivity index (χ0n) is 12.4. The van der Waals surface area contributed by atoms with Gasteiger partial charge in [-0.2, -0.15) is 0 Å². The molecule has 19 heavy (non-hydrogen) atoms. The monoisotopic (exact) mass is 265 g/mol. The molecule has 1 amide bonds. The van der Waals surface area contributed by atoms with Crippen molar-refractivity contribution in [2.45, 2.75) is 27.2 Å². The van der Waals surface area contributed by atoms with E-state index in [2.05, 4.69) is 19.2 Å². The number of carbonyl (C=O) groups is 1. The van der Waals surface area contributed by atoms with E-state index >= 15 is 0 Å². The highest BCUT2D eigenvalue weighted by molar-refractivity contribution is 5.79. The third kappa shape index (κ3) is 4.47. The first-order valence-corrected chi connectivity index (χ1v) is 6.46. The maximum Gasteiger partial charge on any atom is 0.224 e. The molecule has 0 aliphatic rings. The molecule has 0 aliphatic heterocycles. The van der Waals surface area contributed by atoms with Crippen LogP contribution < -0.4 is 14.8 Å². The lowest BCUT2D eigenvalue weighted by Gasteiger charge is -2.13. The number of ether oxygens (including phenoxy) is 2. The van der Waals surface area contributed by atoms with Crippen molar-refractivity contribution >= 4 is 5.91 Å². The molecule has 1 N–H and O–H groups in total. The van der Waals surface area contributed by atoms with Gasteiger partial charge in [0.1, 0.15) is 11.5 Å². The van der Waals surface area contributed by atoms with Gasteiger partial charge in [-0.25, -0.2) is 0 Å². The Morgan fingerprint density at radius 3 is 2.37 bits per heavy atom. The second-order valence-corrected chi connectivity index (χ2v) is 5.01. The molecule has 0 bridgehead atoms. The number of amides is 1. The van der Waals surface area contributed by atoms with Crippen molar-refractivity contribution in [3.05, 3.63) is 23.3 Å². The largest absolute Gasteiger partial charge is 0.496 e. The minimum Gasteiger partial charge on any atom is -0.496 e. The van der Waals surface area contributed by atoms with Gasteiger partial charge >= 0.3 is 0 Å². The van der Waals surface area contributed by atoms with Gasteiger partial charge in [-0.1, -0.05) is 13.8 Å². The first-order chi connectivity index (χ1) is 8.97. The number of benzene rings is 1. The van der Waals surface area contributed by atoms with E-state index in [1.54, 1.807) is 14.2 Å². The van der Waals surface area contributed by atoms with Crippen LogP contribution in [0.1, 0.15) is 25.0 Å². The molecule has 0 aliphatic carbocycles. The van der Waals surface area contributed by atoms with Crippen LogP contribution in [0.4, 0.5) is 0 Å². The Bertz CT molecular complexity index is 441.